The van der Waals surface area contributed by atoms with Gasteiger partial charge in [0.15, 0.2) is 0 Å². The van der Waals surface area contributed by atoms with E-state index < -0.39 is 0 Å². The van der Waals surface area contributed by atoms with Crippen LogP contribution in [0.15, 0.2) is 54.6 Å². The molecule has 0 unspecified atom stereocenters. The Hall–Kier alpha value is -2.13. The van der Waals surface area contributed by atoms with Crippen LogP contribution in [0.3, 0.4) is 0 Å². The highest BCUT2D eigenvalue weighted by Gasteiger charge is 2.33. The molecule has 0 bridgehead atoms. The van der Waals surface area contributed by atoms with E-state index in [-0.39, 0.29) is 17.8 Å². The summed E-state index contributed by atoms with van der Waals surface area (Å²) in [7, 11) is 0. The van der Waals surface area contributed by atoms with E-state index in [4.69, 9.17) is 9.47 Å². The summed E-state index contributed by atoms with van der Waals surface area (Å²) in [5.41, 5.74) is 3.52. The van der Waals surface area contributed by atoms with Crippen LogP contribution in [-0.4, -0.2) is 25.8 Å². The molecule has 0 spiro atoms. The third-order valence-electron chi connectivity index (χ3n) is 4.39. The lowest BCUT2D eigenvalue weighted by Crippen LogP contribution is -2.32. The van der Waals surface area contributed by atoms with Gasteiger partial charge in [-0.2, -0.15) is 0 Å². The van der Waals surface area contributed by atoms with Gasteiger partial charge in [-0.25, -0.2) is 0 Å². The molecule has 2 aromatic rings. The number of hydrogen-bond donors (Lipinski definition) is 0. The Morgan fingerprint density at radius 1 is 1.09 bits per heavy atom. The molecule has 120 valence electrons. The summed E-state index contributed by atoms with van der Waals surface area (Å²) in [5.74, 6) is -0.133. The lowest BCUT2D eigenvalue weighted by atomic mass is 9.82. The number of benzene rings is 2. The van der Waals surface area contributed by atoms with Crippen molar-refractivity contribution in [1.29, 1.82) is 0 Å². The lowest BCUT2D eigenvalue weighted by Gasteiger charge is -2.30. The highest BCUT2D eigenvalue weighted by molar-refractivity contribution is 5.74. The molecule has 0 saturated carbocycles. The Kier molecular flexibility index (Phi) is 5.09. The van der Waals surface area contributed by atoms with E-state index in [1.807, 2.05) is 25.1 Å². The maximum absolute atomic E-state index is 12.2. The molecule has 2 aromatic carbocycles. The van der Waals surface area contributed by atoms with Crippen LogP contribution in [0, 0.1) is 5.92 Å². The maximum atomic E-state index is 12.2. The highest BCUT2D eigenvalue weighted by Crippen LogP contribution is 2.33. The minimum absolute atomic E-state index is 0.0765. The van der Waals surface area contributed by atoms with Crippen molar-refractivity contribution in [3.05, 3.63) is 60.2 Å². The van der Waals surface area contributed by atoms with Crippen molar-refractivity contribution < 1.29 is 14.3 Å². The molecule has 2 atom stereocenters. The van der Waals surface area contributed by atoms with E-state index in [1.165, 1.54) is 11.1 Å². The molecule has 1 fully saturated rings. The molecule has 3 heteroatoms. The number of carbonyl (C=O) groups excluding carboxylic acids is 1. The summed E-state index contributed by atoms with van der Waals surface area (Å²) in [6, 6.07) is 18.7. The van der Waals surface area contributed by atoms with Crippen LogP contribution in [-0.2, 0) is 14.3 Å². The SMILES string of the molecule is CCOC(=O)[C@H]1CCOC[C@@H]1c1ccc(-c2ccccc2)cc1. The Balaban J connectivity index is 1.81. The average molecular weight is 310 g/mol. The standard InChI is InChI=1S/C20H22O3/c1-2-23-20(21)18-12-13-22-14-19(18)17-10-8-16(9-11-17)15-6-4-3-5-7-15/h3-11,18-19H,2,12-14H2,1H3/t18-,19+/m0/s1. The summed E-state index contributed by atoms with van der Waals surface area (Å²) in [6.45, 7) is 3.48. The number of hydrogen-bond acceptors (Lipinski definition) is 3. The Morgan fingerprint density at radius 3 is 2.48 bits per heavy atom. The molecule has 23 heavy (non-hydrogen) atoms. The second kappa shape index (κ2) is 7.42. The number of ether oxygens (including phenoxy) is 2. The lowest BCUT2D eigenvalue weighted by molar-refractivity contribution is -0.152. The molecule has 1 heterocycles. The monoisotopic (exact) mass is 310 g/mol. The summed E-state index contributed by atoms with van der Waals surface area (Å²) in [4.78, 5) is 12.2. The first kappa shape index (κ1) is 15.8. The van der Waals surface area contributed by atoms with E-state index in [1.54, 1.807) is 0 Å². The molecule has 0 aliphatic carbocycles. The second-order valence-corrected chi connectivity index (χ2v) is 5.82. The number of rotatable bonds is 4. The first-order chi connectivity index (χ1) is 11.3. The van der Waals surface area contributed by atoms with Crippen molar-refractivity contribution in [2.45, 2.75) is 19.3 Å². The zero-order valence-corrected chi connectivity index (χ0v) is 13.4. The van der Waals surface area contributed by atoms with Crippen molar-refractivity contribution >= 4 is 5.97 Å². The average Bonchev–Trinajstić information content (AvgIpc) is 2.63. The van der Waals surface area contributed by atoms with Gasteiger partial charge < -0.3 is 9.47 Å². The van der Waals surface area contributed by atoms with Crippen LogP contribution in [0.25, 0.3) is 11.1 Å². The first-order valence-electron chi connectivity index (χ1n) is 8.19. The van der Waals surface area contributed by atoms with Gasteiger partial charge >= 0.3 is 5.97 Å². The molecule has 1 saturated heterocycles. The van der Waals surface area contributed by atoms with E-state index >= 15 is 0 Å². The van der Waals surface area contributed by atoms with Gasteiger partial charge in [0.05, 0.1) is 19.1 Å². The van der Waals surface area contributed by atoms with Gasteiger partial charge in [-0.15, -0.1) is 0 Å². The van der Waals surface area contributed by atoms with Crippen molar-refractivity contribution in [2.24, 2.45) is 5.92 Å². The van der Waals surface area contributed by atoms with Gasteiger partial charge in [0, 0.05) is 12.5 Å². The van der Waals surface area contributed by atoms with Crippen molar-refractivity contribution in [2.75, 3.05) is 19.8 Å². The van der Waals surface area contributed by atoms with Crippen LogP contribution in [0.5, 0.6) is 0 Å². The minimum Gasteiger partial charge on any atom is -0.466 e. The summed E-state index contributed by atoms with van der Waals surface area (Å²) in [5, 5.41) is 0. The van der Waals surface area contributed by atoms with Gasteiger partial charge in [0.1, 0.15) is 0 Å². The second-order valence-electron chi connectivity index (χ2n) is 5.82. The van der Waals surface area contributed by atoms with Gasteiger partial charge in [0.25, 0.3) is 0 Å². The van der Waals surface area contributed by atoms with Gasteiger partial charge in [0.2, 0.25) is 0 Å². The Morgan fingerprint density at radius 2 is 1.78 bits per heavy atom. The van der Waals surface area contributed by atoms with Crippen LogP contribution < -0.4 is 0 Å². The van der Waals surface area contributed by atoms with Crippen LogP contribution in [0.2, 0.25) is 0 Å². The van der Waals surface area contributed by atoms with Crippen LogP contribution in [0.1, 0.15) is 24.8 Å². The van der Waals surface area contributed by atoms with Crippen molar-refractivity contribution in [1.82, 2.24) is 0 Å². The minimum atomic E-state index is -0.105. The normalized spacial score (nSPS) is 20.9. The molecular formula is C20H22O3. The third kappa shape index (κ3) is 3.62. The van der Waals surface area contributed by atoms with Crippen molar-refractivity contribution in [3.63, 3.8) is 0 Å². The molecule has 0 radical (unpaired) electrons. The molecule has 1 aliphatic rings. The van der Waals surface area contributed by atoms with Gasteiger partial charge in [-0.3, -0.25) is 4.79 Å². The third-order valence-corrected chi connectivity index (χ3v) is 4.39. The van der Waals surface area contributed by atoms with E-state index in [9.17, 15) is 4.79 Å². The first-order valence-corrected chi connectivity index (χ1v) is 8.19. The molecule has 0 amide bonds. The summed E-state index contributed by atoms with van der Waals surface area (Å²) in [6.07, 6.45) is 0.726. The quantitative estimate of drug-likeness (QED) is 0.800. The zero-order chi connectivity index (χ0) is 16.1. The fraction of sp³-hybridized carbons (Fsp3) is 0.350. The smallest absolute Gasteiger partial charge is 0.309 e. The predicted molar refractivity (Wildman–Crippen MR) is 90.2 cm³/mol. The van der Waals surface area contributed by atoms with E-state index in [0.29, 0.717) is 19.8 Å². The Labute approximate surface area is 137 Å². The van der Waals surface area contributed by atoms with Gasteiger partial charge in [-0.1, -0.05) is 54.6 Å². The molecular weight excluding hydrogens is 288 g/mol. The summed E-state index contributed by atoms with van der Waals surface area (Å²) >= 11 is 0. The van der Waals surface area contributed by atoms with Crippen LogP contribution in [0.4, 0.5) is 0 Å². The predicted octanol–water partition coefficient (Wildman–Crippen LogP) is 4.04. The highest BCUT2D eigenvalue weighted by atomic mass is 16.5. The number of carbonyl (C=O) groups is 1. The van der Waals surface area contributed by atoms with Gasteiger partial charge in [-0.05, 0) is 30.0 Å². The zero-order valence-electron chi connectivity index (χ0n) is 13.4. The molecule has 3 rings (SSSR count). The fourth-order valence-corrected chi connectivity index (χ4v) is 3.15. The van der Waals surface area contributed by atoms with Crippen molar-refractivity contribution in [3.8, 4) is 11.1 Å². The van der Waals surface area contributed by atoms with E-state index in [0.717, 1.165) is 12.0 Å². The molecule has 0 N–H and O–H groups in total. The largest absolute Gasteiger partial charge is 0.466 e. The van der Waals surface area contributed by atoms with E-state index in [2.05, 4.69) is 36.4 Å². The Bertz CT molecular complexity index is 634. The maximum Gasteiger partial charge on any atom is 0.309 e. The molecule has 0 aromatic heterocycles. The van der Waals surface area contributed by atoms with Crippen LogP contribution >= 0.6 is 0 Å². The topological polar surface area (TPSA) is 35.5 Å². The fourth-order valence-electron chi connectivity index (χ4n) is 3.15. The molecule has 1 aliphatic heterocycles. The molecule has 3 nitrogen and oxygen atoms in total. The number of esters is 1. The summed E-state index contributed by atoms with van der Waals surface area (Å²) < 4.78 is 10.8.